The van der Waals surface area contributed by atoms with E-state index in [2.05, 4.69) is 15.3 Å². The number of aryl methyl sites for hydroxylation is 1. The molecule has 0 saturated carbocycles. The molecule has 1 aromatic carbocycles. The molecular formula is C16H18N4O4. The summed E-state index contributed by atoms with van der Waals surface area (Å²) in [7, 11) is 0. The van der Waals surface area contributed by atoms with Crippen molar-refractivity contribution in [1.82, 2.24) is 9.97 Å². The molecule has 0 atom stereocenters. The van der Waals surface area contributed by atoms with E-state index in [0.29, 0.717) is 26.1 Å². The molecule has 8 nitrogen and oxygen atoms in total. The topological polar surface area (TPSA) is 119 Å². The number of primary amides is 1. The number of anilines is 1. The van der Waals surface area contributed by atoms with Crippen molar-refractivity contribution in [2.75, 3.05) is 18.5 Å². The molecular weight excluding hydrogens is 312 g/mol. The summed E-state index contributed by atoms with van der Waals surface area (Å²) in [5.74, 6) is 0.763. The average molecular weight is 330 g/mol. The third kappa shape index (κ3) is 3.65. The molecule has 0 bridgehead atoms. The summed E-state index contributed by atoms with van der Waals surface area (Å²) in [6, 6.07) is 5.78. The van der Waals surface area contributed by atoms with Crippen LogP contribution in [0.3, 0.4) is 0 Å². The molecule has 3 rings (SSSR count). The number of H-pyrrole nitrogens is 1. The van der Waals surface area contributed by atoms with Gasteiger partial charge in [-0.2, -0.15) is 0 Å². The summed E-state index contributed by atoms with van der Waals surface area (Å²) in [6.07, 6.45) is 3.00. The van der Waals surface area contributed by atoms with Crippen LogP contribution in [0.4, 0.5) is 5.82 Å². The van der Waals surface area contributed by atoms with Crippen molar-refractivity contribution in [1.29, 1.82) is 0 Å². The molecule has 4 N–H and O–H groups in total. The van der Waals surface area contributed by atoms with Gasteiger partial charge in [-0.15, -0.1) is 0 Å². The molecule has 2 heterocycles. The summed E-state index contributed by atoms with van der Waals surface area (Å²) < 4.78 is 11.0. The first kappa shape index (κ1) is 15.9. The van der Waals surface area contributed by atoms with E-state index < -0.39 is 5.91 Å². The SMILES string of the molecule is NC(=O)c1[nH]cnc1NC(=O)CCCc1ccc2c(c1)OCCO2. The minimum absolute atomic E-state index is 0.0928. The van der Waals surface area contributed by atoms with Crippen LogP contribution in [0, 0.1) is 0 Å². The van der Waals surface area contributed by atoms with Gasteiger partial charge in [0.15, 0.2) is 17.3 Å². The van der Waals surface area contributed by atoms with Crippen molar-refractivity contribution >= 4 is 17.6 Å². The summed E-state index contributed by atoms with van der Waals surface area (Å²) in [5, 5.41) is 2.58. The molecule has 0 spiro atoms. The van der Waals surface area contributed by atoms with E-state index in [1.54, 1.807) is 0 Å². The van der Waals surface area contributed by atoms with Gasteiger partial charge in [-0.1, -0.05) is 6.07 Å². The minimum Gasteiger partial charge on any atom is -0.486 e. The number of nitrogens with two attached hydrogens (primary N) is 1. The van der Waals surface area contributed by atoms with Crippen LogP contribution in [-0.4, -0.2) is 35.0 Å². The number of fused-ring (bicyclic) bond motifs is 1. The molecule has 8 heteroatoms. The number of imidazole rings is 1. The normalized spacial score (nSPS) is 12.7. The molecule has 2 aromatic rings. The van der Waals surface area contributed by atoms with Crippen LogP contribution < -0.4 is 20.5 Å². The Labute approximate surface area is 138 Å². The summed E-state index contributed by atoms with van der Waals surface area (Å²) in [4.78, 5) is 29.6. The Balaban J connectivity index is 1.50. The predicted octanol–water partition coefficient (Wildman–Crippen LogP) is 1.24. The van der Waals surface area contributed by atoms with Gasteiger partial charge in [0.1, 0.15) is 18.9 Å². The fraction of sp³-hybridized carbons (Fsp3) is 0.312. The van der Waals surface area contributed by atoms with Gasteiger partial charge in [-0.3, -0.25) is 9.59 Å². The Morgan fingerprint density at radius 3 is 2.83 bits per heavy atom. The number of benzene rings is 1. The van der Waals surface area contributed by atoms with Crippen molar-refractivity contribution in [3.63, 3.8) is 0 Å². The molecule has 0 saturated heterocycles. The van der Waals surface area contributed by atoms with E-state index in [4.69, 9.17) is 15.2 Å². The Hall–Kier alpha value is -3.03. The number of nitrogens with one attached hydrogen (secondary N) is 2. The van der Waals surface area contributed by atoms with Crippen molar-refractivity contribution in [3.8, 4) is 11.5 Å². The van der Waals surface area contributed by atoms with E-state index in [1.165, 1.54) is 6.33 Å². The molecule has 126 valence electrons. The number of rotatable bonds is 6. The Morgan fingerprint density at radius 1 is 1.25 bits per heavy atom. The third-order valence-corrected chi connectivity index (χ3v) is 3.62. The zero-order chi connectivity index (χ0) is 16.9. The number of carbonyl (C=O) groups is 2. The van der Waals surface area contributed by atoms with Crippen LogP contribution in [0.25, 0.3) is 0 Å². The quantitative estimate of drug-likeness (QED) is 0.736. The maximum atomic E-state index is 11.9. The van der Waals surface area contributed by atoms with Crippen molar-refractivity contribution in [2.24, 2.45) is 5.73 Å². The van der Waals surface area contributed by atoms with Gasteiger partial charge in [-0.05, 0) is 30.5 Å². The lowest BCUT2D eigenvalue weighted by Gasteiger charge is -2.18. The van der Waals surface area contributed by atoms with Crippen molar-refractivity contribution in [2.45, 2.75) is 19.3 Å². The smallest absolute Gasteiger partial charge is 0.269 e. The molecule has 0 aliphatic carbocycles. The van der Waals surface area contributed by atoms with Gasteiger partial charge in [0.2, 0.25) is 5.91 Å². The monoisotopic (exact) mass is 330 g/mol. The third-order valence-electron chi connectivity index (χ3n) is 3.62. The predicted molar refractivity (Wildman–Crippen MR) is 86.1 cm³/mol. The lowest BCUT2D eigenvalue weighted by atomic mass is 10.1. The van der Waals surface area contributed by atoms with Gasteiger partial charge in [0, 0.05) is 6.42 Å². The molecule has 1 aliphatic heterocycles. The van der Waals surface area contributed by atoms with Gasteiger partial charge < -0.3 is 25.5 Å². The molecule has 0 radical (unpaired) electrons. The van der Waals surface area contributed by atoms with E-state index in [0.717, 1.165) is 23.5 Å². The molecule has 24 heavy (non-hydrogen) atoms. The Morgan fingerprint density at radius 2 is 2.04 bits per heavy atom. The van der Waals surface area contributed by atoms with Gasteiger partial charge >= 0.3 is 0 Å². The highest BCUT2D eigenvalue weighted by molar-refractivity contribution is 6.00. The lowest BCUT2D eigenvalue weighted by Crippen LogP contribution is -2.18. The van der Waals surface area contributed by atoms with Gasteiger partial charge in [-0.25, -0.2) is 4.98 Å². The molecule has 0 fully saturated rings. The number of aromatic amines is 1. The molecule has 1 aromatic heterocycles. The second-order valence-corrected chi connectivity index (χ2v) is 5.37. The van der Waals surface area contributed by atoms with E-state index in [1.807, 2.05) is 18.2 Å². The molecule has 2 amide bonds. The number of hydrogen-bond acceptors (Lipinski definition) is 5. The standard InChI is InChI=1S/C16H18N4O4/c17-15(22)14-16(19-9-18-14)20-13(21)3-1-2-10-4-5-11-12(8-10)24-7-6-23-11/h4-5,8-9H,1-3,6-7H2,(H2,17,22)(H,18,19)(H,20,21). The number of ether oxygens (including phenoxy) is 2. The number of aromatic nitrogens is 2. The first-order chi connectivity index (χ1) is 11.6. The fourth-order valence-corrected chi connectivity index (χ4v) is 2.47. The van der Waals surface area contributed by atoms with Crippen LogP contribution in [-0.2, 0) is 11.2 Å². The first-order valence-corrected chi connectivity index (χ1v) is 7.65. The van der Waals surface area contributed by atoms with Gasteiger partial charge in [0.25, 0.3) is 5.91 Å². The zero-order valence-electron chi connectivity index (χ0n) is 13.0. The average Bonchev–Trinajstić information content (AvgIpc) is 3.03. The number of hydrogen-bond donors (Lipinski definition) is 3. The van der Waals surface area contributed by atoms with Gasteiger partial charge in [0.05, 0.1) is 6.33 Å². The maximum Gasteiger partial charge on any atom is 0.269 e. The van der Waals surface area contributed by atoms with Crippen molar-refractivity contribution < 1.29 is 19.1 Å². The van der Waals surface area contributed by atoms with E-state index in [-0.39, 0.29) is 17.4 Å². The highest BCUT2D eigenvalue weighted by Gasteiger charge is 2.14. The maximum absolute atomic E-state index is 11.9. The fourth-order valence-electron chi connectivity index (χ4n) is 2.47. The summed E-state index contributed by atoms with van der Waals surface area (Å²) in [6.45, 7) is 1.11. The highest BCUT2D eigenvalue weighted by Crippen LogP contribution is 2.31. The minimum atomic E-state index is -0.668. The Bertz CT molecular complexity index is 756. The van der Waals surface area contributed by atoms with Crippen LogP contribution in [0.2, 0.25) is 0 Å². The Kier molecular flexibility index (Phi) is 4.64. The number of nitrogens with zero attached hydrogens (tertiary/aromatic N) is 1. The highest BCUT2D eigenvalue weighted by atomic mass is 16.6. The number of carbonyl (C=O) groups excluding carboxylic acids is 2. The lowest BCUT2D eigenvalue weighted by molar-refractivity contribution is -0.116. The van der Waals surface area contributed by atoms with E-state index in [9.17, 15) is 9.59 Å². The summed E-state index contributed by atoms with van der Waals surface area (Å²) in [5.41, 5.74) is 6.35. The number of amides is 2. The first-order valence-electron chi connectivity index (χ1n) is 7.65. The van der Waals surface area contributed by atoms with Crippen molar-refractivity contribution in [3.05, 3.63) is 35.8 Å². The second-order valence-electron chi connectivity index (χ2n) is 5.37. The molecule has 1 aliphatic rings. The van der Waals surface area contributed by atoms with E-state index >= 15 is 0 Å². The second kappa shape index (κ2) is 7.03. The van der Waals surface area contributed by atoms with Crippen LogP contribution in [0.1, 0.15) is 28.9 Å². The summed E-state index contributed by atoms with van der Waals surface area (Å²) >= 11 is 0. The largest absolute Gasteiger partial charge is 0.486 e. The zero-order valence-corrected chi connectivity index (χ0v) is 13.0. The van der Waals surface area contributed by atoms with Crippen LogP contribution in [0.15, 0.2) is 24.5 Å². The van der Waals surface area contributed by atoms with Crippen LogP contribution in [0.5, 0.6) is 11.5 Å². The van der Waals surface area contributed by atoms with Crippen LogP contribution >= 0.6 is 0 Å². The molecule has 0 unspecified atom stereocenters.